The molecule has 2 unspecified atom stereocenters. The summed E-state index contributed by atoms with van der Waals surface area (Å²) in [4.78, 5) is 41.7. The van der Waals surface area contributed by atoms with Crippen molar-refractivity contribution in [3.8, 4) is 0 Å². The van der Waals surface area contributed by atoms with E-state index in [-0.39, 0.29) is 18.4 Å². The number of nitrogens with zero attached hydrogens (tertiary/aromatic N) is 2. The largest absolute Gasteiger partial charge is 0.465 e. The van der Waals surface area contributed by atoms with Gasteiger partial charge in [0.25, 0.3) is 5.91 Å². The summed E-state index contributed by atoms with van der Waals surface area (Å²) in [6.45, 7) is 4.31. The van der Waals surface area contributed by atoms with Crippen molar-refractivity contribution in [2.75, 3.05) is 13.1 Å². The van der Waals surface area contributed by atoms with Crippen LogP contribution in [-0.4, -0.2) is 69.3 Å². The number of hydrogen-bond donors (Lipinski definition) is 4. The van der Waals surface area contributed by atoms with Crippen LogP contribution >= 0.6 is 0 Å². The van der Waals surface area contributed by atoms with Gasteiger partial charge < -0.3 is 25.7 Å². The van der Waals surface area contributed by atoms with E-state index < -0.39 is 30.2 Å². The van der Waals surface area contributed by atoms with Gasteiger partial charge in [-0.15, -0.1) is 0 Å². The van der Waals surface area contributed by atoms with Gasteiger partial charge in [-0.05, 0) is 37.3 Å². The van der Waals surface area contributed by atoms with E-state index in [1.54, 1.807) is 18.2 Å². The average Bonchev–Trinajstić information content (AvgIpc) is 2.82. The van der Waals surface area contributed by atoms with Gasteiger partial charge in [0.05, 0.1) is 12.1 Å². The van der Waals surface area contributed by atoms with Crippen LogP contribution in [0.5, 0.6) is 0 Å². The predicted octanol–water partition coefficient (Wildman–Crippen LogP) is 0.846. The van der Waals surface area contributed by atoms with Crippen LogP contribution in [0.4, 0.5) is 4.79 Å². The number of β-amino-alcohol motifs (C(OH)–C–C–N with tert-alkyl or cyclic N) is 1. The Kier molecular flexibility index (Phi) is 7.74. The van der Waals surface area contributed by atoms with Gasteiger partial charge in [0.15, 0.2) is 0 Å². The van der Waals surface area contributed by atoms with Crippen LogP contribution in [-0.2, 0) is 4.79 Å². The Hall–Kier alpha value is -2.68. The summed E-state index contributed by atoms with van der Waals surface area (Å²) in [5.74, 6) is -0.616. The fraction of sp³-hybridized carbons (Fsp3) is 0.579. The van der Waals surface area contributed by atoms with Gasteiger partial charge in [-0.1, -0.05) is 19.9 Å². The van der Waals surface area contributed by atoms with Crippen molar-refractivity contribution in [3.05, 3.63) is 30.1 Å². The van der Waals surface area contributed by atoms with Gasteiger partial charge in [-0.25, -0.2) is 4.79 Å². The van der Waals surface area contributed by atoms with Crippen LogP contribution in [0.3, 0.4) is 0 Å². The summed E-state index contributed by atoms with van der Waals surface area (Å²) in [6, 6.07) is 3.62. The minimum Gasteiger partial charge on any atom is -0.465 e. The summed E-state index contributed by atoms with van der Waals surface area (Å²) >= 11 is 0. The molecule has 0 aromatic carbocycles. The highest BCUT2D eigenvalue weighted by atomic mass is 16.4. The maximum Gasteiger partial charge on any atom is 0.405 e. The van der Waals surface area contributed by atoms with Crippen LogP contribution in [0.1, 0.15) is 43.6 Å². The number of aromatic nitrogens is 1. The van der Waals surface area contributed by atoms with E-state index >= 15 is 0 Å². The lowest BCUT2D eigenvalue weighted by molar-refractivity contribution is -0.125. The molecular weight excluding hydrogens is 364 g/mol. The van der Waals surface area contributed by atoms with Crippen LogP contribution in [0.15, 0.2) is 24.4 Å². The monoisotopic (exact) mass is 392 g/mol. The molecule has 28 heavy (non-hydrogen) atoms. The molecule has 0 saturated carbocycles. The van der Waals surface area contributed by atoms with E-state index in [1.807, 2.05) is 13.8 Å². The Morgan fingerprint density at radius 2 is 2.07 bits per heavy atom. The zero-order chi connectivity index (χ0) is 20.7. The number of carbonyl (C=O) groups is 3. The van der Waals surface area contributed by atoms with Gasteiger partial charge in [0, 0.05) is 19.3 Å². The average molecular weight is 392 g/mol. The smallest absolute Gasteiger partial charge is 0.405 e. The van der Waals surface area contributed by atoms with Crippen molar-refractivity contribution in [1.29, 1.82) is 0 Å². The third-order valence-electron chi connectivity index (χ3n) is 4.64. The van der Waals surface area contributed by atoms with Gasteiger partial charge in [-0.3, -0.25) is 14.6 Å². The number of rotatable bonds is 6. The third kappa shape index (κ3) is 6.19. The van der Waals surface area contributed by atoms with Crippen molar-refractivity contribution in [3.63, 3.8) is 0 Å². The lowest BCUT2D eigenvalue weighted by Gasteiger charge is -2.27. The number of pyridine rings is 1. The number of carboxylic acid groups (broad SMARTS) is 1. The minimum absolute atomic E-state index is 0.0710. The van der Waals surface area contributed by atoms with Gasteiger partial charge in [-0.2, -0.15) is 0 Å². The van der Waals surface area contributed by atoms with Crippen LogP contribution < -0.4 is 10.6 Å². The fourth-order valence-electron chi connectivity index (χ4n) is 3.28. The zero-order valence-corrected chi connectivity index (χ0v) is 16.2. The second-order valence-electron chi connectivity index (χ2n) is 7.42. The molecule has 1 aromatic rings. The standard InChI is InChI=1S/C19H28N4O5/c1-12(2)10-15(22-19(27)28)17(25)21-13-7-5-9-23(11-16(13)24)18(26)14-6-3-4-8-20-14/h3-4,6,8,12-13,15-16,22,24H,5,7,9-11H2,1-2H3,(H,21,25)(H,27,28)/t13?,15-,16?/m0/s1. The zero-order valence-electron chi connectivity index (χ0n) is 16.2. The Labute approximate surface area is 164 Å². The molecule has 1 aromatic heterocycles. The van der Waals surface area contributed by atoms with Crippen molar-refractivity contribution in [1.82, 2.24) is 20.5 Å². The van der Waals surface area contributed by atoms with Crippen molar-refractivity contribution >= 4 is 17.9 Å². The number of amides is 3. The van der Waals surface area contributed by atoms with E-state index in [2.05, 4.69) is 15.6 Å². The molecule has 2 rings (SSSR count). The highest BCUT2D eigenvalue weighted by molar-refractivity contribution is 5.92. The van der Waals surface area contributed by atoms with E-state index in [9.17, 15) is 19.5 Å². The molecule has 4 N–H and O–H groups in total. The quantitative estimate of drug-likeness (QED) is 0.567. The number of likely N-dealkylation sites (tertiary alicyclic amines) is 1. The highest BCUT2D eigenvalue weighted by Gasteiger charge is 2.31. The number of carbonyl (C=O) groups excluding carboxylic acids is 2. The molecule has 3 atom stereocenters. The molecule has 0 aliphatic carbocycles. The molecule has 3 amide bonds. The first-order valence-electron chi connectivity index (χ1n) is 9.46. The number of hydrogen-bond acceptors (Lipinski definition) is 5. The molecule has 9 heteroatoms. The molecule has 0 spiro atoms. The van der Waals surface area contributed by atoms with E-state index in [4.69, 9.17) is 5.11 Å². The topological polar surface area (TPSA) is 132 Å². The molecule has 9 nitrogen and oxygen atoms in total. The lowest BCUT2D eigenvalue weighted by atomic mass is 10.0. The van der Waals surface area contributed by atoms with E-state index in [0.717, 1.165) is 0 Å². The summed E-state index contributed by atoms with van der Waals surface area (Å²) in [6.07, 6.45) is 0.750. The first-order chi connectivity index (χ1) is 13.3. The molecule has 154 valence electrons. The Balaban J connectivity index is 2.00. The first-order valence-corrected chi connectivity index (χ1v) is 9.46. The summed E-state index contributed by atoms with van der Waals surface area (Å²) in [7, 11) is 0. The number of aliphatic hydroxyl groups is 1. The predicted molar refractivity (Wildman–Crippen MR) is 102 cm³/mol. The van der Waals surface area contributed by atoms with Crippen LogP contribution in [0.2, 0.25) is 0 Å². The fourth-order valence-corrected chi connectivity index (χ4v) is 3.28. The Bertz CT molecular complexity index is 682. The molecular formula is C19H28N4O5. The van der Waals surface area contributed by atoms with Crippen LogP contribution in [0, 0.1) is 5.92 Å². The highest BCUT2D eigenvalue weighted by Crippen LogP contribution is 2.15. The second kappa shape index (κ2) is 10.0. The summed E-state index contributed by atoms with van der Waals surface area (Å²) < 4.78 is 0. The summed E-state index contributed by atoms with van der Waals surface area (Å²) in [5.41, 5.74) is 0.305. The minimum atomic E-state index is -1.27. The molecule has 1 aliphatic rings. The Morgan fingerprint density at radius 3 is 2.68 bits per heavy atom. The van der Waals surface area contributed by atoms with Gasteiger partial charge >= 0.3 is 6.09 Å². The maximum atomic E-state index is 12.6. The van der Waals surface area contributed by atoms with Crippen molar-refractivity contribution in [2.24, 2.45) is 5.92 Å². The number of nitrogens with one attached hydrogen (secondary N) is 2. The number of aliphatic hydroxyl groups excluding tert-OH is 1. The SMILES string of the molecule is CC(C)C[C@H](NC(=O)O)C(=O)NC1CCCN(C(=O)c2ccccn2)CC1O. The molecule has 1 saturated heterocycles. The molecule has 1 aliphatic heterocycles. The maximum absolute atomic E-state index is 12.6. The molecule has 0 radical (unpaired) electrons. The van der Waals surface area contributed by atoms with Gasteiger partial charge in [0.2, 0.25) is 5.91 Å². The summed E-state index contributed by atoms with van der Waals surface area (Å²) in [5, 5.41) is 24.5. The Morgan fingerprint density at radius 1 is 1.32 bits per heavy atom. The molecule has 0 bridgehead atoms. The van der Waals surface area contributed by atoms with Crippen molar-refractivity contribution in [2.45, 2.75) is 51.3 Å². The molecule has 1 fully saturated rings. The van der Waals surface area contributed by atoms with Gasteiger partial charge in [0.1, 0.15) is 11.7 Å². The third-order valence-corrected chi connectivity index (χ3v) is 4.64. The van der Waals surface area contributed by atoms with E-state index in [1.165, 1.54) is 11.1 Å². The second-order valence-corrected chi connectivity index (χ2v) is 7.42. The van der Waals surface area contributed by atoms with E-state index in [0.29, 0.717) is 31.5 Å². The van der Waals surface area contributed by atoms with Crippen LogP contribution in [0.25, 0.3) is 0 Å². The normalized spacial score (nSPS) is 20.9. The lowest BCUT2D eigenvalue weighted by Crippen LogP contribution is -2.53. The molecule has 2 heterocycles. The van der Waals surface area contributed by atoms with Crippen molar-refractivity contribution < 1.29 is 24.6 Å². The first kappa shape index (κ1) is 21.6.